The first-order valence-corrected chi connectivity index (χ1v) is 7.77. The third-order valence-electron chi connectivity index (χ3n) is 3.58. The van der Waals surface area contributed by atoms with E-state index in [9.17, 15) is 9.59 Å². The van der Waals surface area contributed by atoms with E-state index in [0.29, 0.717) is 22.9 Å². The maximum absolute atomic E-state index is 12.3. The quantitative estimate of drug-likeness (QED) is 0.804. The summed E-state index contributed by atoms with van der Waals surface area (Å²) in [6.07, 6.45) is 1.73. The minimum atomic E-state index is -0.303. The van der Waals surface area contributed by atoms with Gasteiger partial charge in [0.05, 0.1) is 14.2 Å². The van der Waals surface area contributed by atoms with Gasteiger partial charge in [-0.3, -0.25) is 9.59 Å². The summed E-state index contributed by atoms with van der Waals surface area (Å²) in [5.41, 5.74) is 1.22. The molecule has 0 radical (unpaired) electrons. The standard InChI is InChI=1S/C18H21N3O4/c1-12-14(24-2)10-13(11-15(12)25-3)18(23)20-9-7-17(22)21-16-6-4-5-8-19-16/h4-6,8,10-11H,7,9H2,1-3H3,(H,20,23)(H,19,21,22). The van der Waals surface area contributed by atoms with Crippen molar-refractivity contribution < 1.29 is 19.1 Å². The van der Waals surface area contributed by atoms with Crippen LogP contribution in [0.3, 0.4) is 0 Å². The van der Waals surface area contributed by atoms with Gasteiger partial charge in [0.1, 0.15) is 17.3 Å². The molecule has 0 atom stereocenters. The van der Waals surface area contributed by atoms with Gasteiger partial charge in [0, 0.05) is 30.3 Å². The van der Waals surface area contributed by atoms with Crippen molar-refractivity contribution in [2.24, 2.45) is 0 Å². The highest BCUT2D eigenvalue weighted by Gasteiger charge is 2.13. The van der Waals surface area contributed by atoms with Crippen LogP contribution in [0.1, 0.15) is 22.3 Å². The molecule has 0 saturated carbocycles. The van der Waals surface area contributed by atoms with E-state index in [4.69, 9.17) is 9.47 Å². The summed E-state index contributed by atoms with van der Waals surface area (Å²) in [5, 5.41) is 5.36. The van der Waals surface area contributed by atoms with Crippen LogP contribution in [0.4, 0.5) is 5.82 Å². The molecule has 2 amide bonds. The summed E-state index contributed by atoms with van der Waals surface area (Å²) in [5.74, 6) is 1.09. The van der Waals surface area contributed by atoms with Crippen LogP contribution in [0.2, 0.25) is 0 Å². The van der Waals surface area contributed by atoms with Crippen LogP contribution in [0.25, 0.3) is 0 Å². The number of hydrogen-bond donors (Lipinski definition) is 2. The first-order chi connectivity index (χ1) is 12.0. The second kappa shape index (κ2) is 8.68. The van der Waals surface area contributed by atoms with Gasteiger partial charge in [0.2, 0.25) is 5.91 Å². The second-order valence-corrected chi connectivity index (χ2v) is 5.27. The van der Waals surface area contributed by atoms with Crippen molar-refractivity contribution in [1.29, 1.82) is 0 Å². The van der Waals surface area contributed by atoms with E-state index in [0.717, 1.165) is 5.56 Å². The Morgan fingerprint density at radius 2 is 1.80 bits per heavy atom. The molecule has 1 heterocycles. The Hall–Kier alpha value is -3.09. The van der Waals surface area contributed by atoms with Gasteiger partial charge in [-0.15, -0.1) is 0 Å². The SMILES string of the molecule is COc1cc(C(=O)NCCC(=O)Nc2ccccn2)cc(OC)c1C. The minimum absolute atomic E-state index is 0.141. The number of carbonyl (C=O) groups excluding carboxylic acids is 2. The molecular weight excluding hydrogens is 322 g/mol. The van der Waals surface area contributed by atoms with Gasteiger partial charge in [-0.05, 0) is 31.2 Å². The van der Waals surface area contributed by atoms with E-state index in [-0.39, 0.29) is 24.8 Å². The summed E-state index contributed by atoms with van der Waals surface area (Å²) in [4.78, 5) is 28.1. The van der Waals surface area contributed by atoms with Crippen molar-refractivity contribution in [1.82, 2.24) is 10.3 Å². The summed E-state index contributed by atoms with van der Waals surface area (Å²) in [7, 11) is 3.07. The van der Waals surface area contributed by atoms with E-state index in [1.165, 1.54) is 14.2 Å². The molecule has 7 nitrogen and oxygen atoms in total. The van der Waals surface area contributed by atoms with Gasteiger partial charge in [-0.1, -0.05) is 6.07 Å². The molecule has 0 aliphatic heterocycles. The third kappa shape index (κ3) is 4.94. The molecule has 0 aliphatic rings. The number of ether oxygens (including phenoxy) is 2. The zero-order valence-corrected chi connectivity index (χ0v) is 14.5. The summed E-state index contributed by atoms with van der Waals surface area (Å²) < 4.78 is 10.5. The topological polar surface area (TPSA) is 89.5 Å². The van der Waals surface area contributed by atoms with Crippen LogP contribution in [0, 0.1) is 6.92 Å². The Morgan fingerprint density at radius 3 is 2.36 bits per heavy atom. The highest BCUT2D eigenvalue weighted by Crippen LogP contribution is 2.29. The largest absolute Gasteiger partial charge is 0.496 e. The molecule has 0 fully saturated rings. The summed E-state index contributed by atoms with van der Waals surface area (Å²) in [6.45, 7) is 2.05. The fourth-order valence-corrected chi connectivity index (χ4v) is 2.25. The van der Waals surface area contributed by atoms with Crippen molar-refractivity contribution in [2.45, 2.75) is 13.3 Å². The predicted molar refractivity (Wildman–Crippen MR) is 94.1 cm³/mol. The summed E-state index contributed by atoms with van der Waals surface area (Å²) in [6, 6.07) is 8.52. The molecule has 7 heteroatoms. The first kappa shape index (κ1) is 18.3. The zero-order valence-electron chi connectivity index (χ0n) is 14.5. The zero-order chi connectivity index (χ0) is 18.2. The third-order valence-corrected chi connectivity index (χ3v) is 3.58. The van der Waals surface area contributed by atoms with Crippen molar-refractivity contribution in [3.63, 3.8) is 0 Å². The van der Waals surface area contributed by atoms with Crippen molar-refractivity contribution >= 4 is 17.6 Å². The Balaban J connectivity index is 1.91. The van der Waals surface area contributed by atoms with Crippen LogP contribution < -0.4 is 20.1 Å². The number of amides is 2. The number of nitrogens with one attached hydrogen (secondary N) is 2. The molecule has 0 unspecified atom stereocenters. The lowest BCUT2D eigenvalue weighted by molar-refractivity contribution is -0.116. The maximum Gasteiger partial charge on any atom is 0.251 e. The number of pyridine rings is 1. The maximum atomic E-state index is 12.3. The van der Waals surface area contributed by atoms with E-state index in [1.807, 2.05) is 6.92 Å². The molecule has 0 bridgehead atoms. The molecule has 2 rings (SSSR count). The molecule has 0 spiro atoms. The second-order valence-electron chi connectivity index (χ2n) is 5.27. The molecule has 25 heavy (non-hydrogen) atoms. The molecule has 1 aromatic carbocycles. The number of anilines is 1. The lowest BCUT2D eigenvalue weighted by Gasteiger charge is -2.12. The molecule has 2 N–H and O–H groups in total. The van der Waals surface area contributed by atoms with Gasteiger partial charge in [-0.2, -0.15) is 0 Å². The van der Waals surface area contributed by atoms with Crippen LogP contribution in [-0.4, -0.2) is 37.6 Å². The Kier molecular flexibility index (Phi) is 6.33. The predicted octanol–water partition coefficient (Wildman–Crippen LogP) is 2.17. The van der Waals surface area contributed by atoms with Crippen LogP contribution >= 0.6 is 0 Å². The van der Waals surface area contributed by atoms with Crippen molar-refractivity contribution in [2.75, 3.05) is 26.1 Å². The summed E-state index contributed by atoms with van der Waals surface area (Å²) >= 11 is 0. The monoisotopic (exact) mass is 343 g/mol. The van der Waals surface area contributed by atoms with Crippen molar-refractivity contribution in [3.8, 4) is 11.5 Å². The highest BCUT2D eigenvalue weighted by molar-refractivity contribution is 5.96. The van der Waals surface area contributed by atoms with Gasteiger partial charge in [-0.25, -0.2) is 4.98 Å². The van der Waals surface area contributed by atoms with Crippen LogP contribution in [0.5, 0.6) is 11.5 Å². The average Bonchev–Trinajstić information content (AvgIpc) is 2.62. The van der Waals surface area contributed by atoms with Crippen molar-refractivity contribution in [3.05, 3.63) is 47.7 Å². The lowest BCUT2D eigenvalue weighted by Crippen LogP contribution is -2.27. The van der Waals surface area contributed by atoms with Gasteiger partial charge in [0.25, 0.3) is 5.91 Å². The Morgan fingerprint density at radius 1 is 1.12 bits per heavy atom. The normalized spacial score (nSPS) is 10.0. The van der Waals surface area contributed by atoms with Crippen LogP contribution in [-0.2, 0) is 4.79 Å². The number of aromatic nitrogens is 1. The smallest absolute Gasteiger partial charge is 0.251 e. The lowest BCUT2D eigenvalue weighted by atomic mass is 10.1. The van der Waals surface area contributed by atoms with E-state index in [2.05, 4.69) is 15.6 Å². The number of nitrogens with zero attached hydrogens (tertiary/aromatic N) is 1. The van der Waals surface area contributed by atoms with E-state index < -0.39 is 0 Å². The van der Waals surface area contributed by atoms with E-state index >= 15 is 0 Å². The minimum Gasteiger partial charge on any atom is -0.496 e. The molecule has 2 aromatic rings. The number of benzene rings is 1. The molecular formula is C18H21N3O4. The number of carbonyl (C=O) groups is 2. The molecule has 0 aliphatic carbocycles. The number of rotatable bonds is 7. The number of hydrogen-bond acceptors (Lipinski definition) is 5. The fourth-order valence-electron chi connectivity index (χ4n) is 2.25. The first-order valence-electron chi connectivity index (χ1n) is 7.77. The Bertz CT molecular complexity index is 722. The van der Waals surface area contributed by atoms with E-state index in [1.54, 1.807) is 36.5 Å². The average molecular weight is 343 g/mol. The molecule has 0 saturated heterocycles. The number of methoxy groups -OCH3 is 2. The Labute approximate surface area is 146 Å². The highest BCUT2D eigenvalue weighted by atomic mass is 16.5. The fraction of sp³-hybridized carbons (Fsp3) is 0.278. The molecule has 1 aromatic heterocycles. The van der Waals surface area contributed by atoms with Gasteiger partial charge >= 0.3 is 0 Å². The molecule has 132 valence electrons. The van der Waals surface area contributed by atoms with Gasteiger partial charge in [0.15, 0.2) is 0 Å². The van der Waals surface area contributed by atoms with Gasteiger partial charge < -0.3 is 20.1 Å². The van der Waals surface area contributed by atoms with Crippen LogP contribution in [0.15, 0.2) is 36.5 Å².